The highest BCUT2D eigenvalue weighted by molar-refractivity contribution is 5.74. The quantitative estimate of drug-likeness (QED) is 0.742. The summed E-state index contributed by atoms with van der Waals surface area (Å²) in [5.74, 6) is 0.896. The molecule has 2 aromatic rings. The summed E-state index contributed by atoms with van der Waals surface area (Å²) < 4.78 is 5.67. The molecule has 3 rings (SSSR count). The first-order chi connectivity index (χ1) is 12.8. The van der Waals surface area contributed by atoms with E-state index in [2.05, 4.69) is 29.6 Å². The third-order valence-corrected chi connectivity index (χ3v) is 4.98. The number of nitrogens with zero attached hydrogens (tertiary/aromatic N) is 1. The maximum Gasteiger partial charge on any atom is 0.317 e. The second-order valence-corrected chi connectivity index (χ2v) is 6.82. The van der Waals surface area contributed by atoms with Crippen molar-refractivity contribution < 1.29 is 9.53 Å². The van der Waals surface area contributed by atoms with Crippen molar-refractivity contribution in [3.05, 3.63) is 65.7 Å². The normalized spacial score (nSPS) is 15.8. The van der Waals surface area contributed by atoms with Crippen LogP contribution in [-0.2, 0) is 6.42 Å². The van der Waals surface area contributed by atoms with E-state index in [-0.39, 0.29) is 12.1 Å². The number of hydrogen-bond donors (Lipinski definition) is 1. The number of ether oxygens (including phenoxy) is 1. The number of para-hydroxylation sites is 1. The average Bonchev–Trinajstić information content (AvgIpc) is 2.70. The molecule has 4 nitrogen and oxygen atoms in total. The SMILES string of the molecule is CN(C(=O)NCCCCOc1ccccc1)[C@H]1CCCc2ccccc21. The van der Waals surface area contributed by atoms with Gasteiger partial charge >= 0.3 is 6.03 Å². The summed E-state index contributed by atoms with van der Waals surface area (Å²) >= 11 is 0. The Morgan fingerprint density at radius 1 is 1.12 bits per heavy atom. The van der Waals surface area contributed by atoms with Crippen molar-refractivity contribution in [1.29, 1.82) is 0 Å². The van der Waals surface area contributed by atoms with Crippen LogP contribution in [0.15, 0.2) is 54.6 Å². The molecule has 0 aliphatic heterocycles. The van der Waals surface area contributed by atoms with Gasteiger partial charge in [-0.2, -0.15) is 0 Å². The first kappa shape index (κ1) is 18.3. The van der Waals surface area contributed by atoms with E-state index in [1.165, 1.54) is 11.1 Å². The van der Waals surface area contributed by atoms with Crippen LogP contribution < -0.4 is 10.1 Å². The number of unbranched alkanes of at least 4 members (excludes halogenated alkanes) is 1. The van der Waals surface area contributed by atoms with Crippen LogP contribution in [0.4, 0.5) is 4.79 Å². The number of hydrogen-bond acceptors (Lipinski definition) is 2. The number of carbonyl (C=O) groups is 1. The van der Waals surface area contributed by atoms with Crippen molar-refractivity contribution in [2.45, 2.75) is 38.1 Å². The number of aryl methyl sites for hydroxylation is 1. The van der Waals surface area contributed by atoms with Gasteiger partial charge in [-0.1, -0.05) is 42.5 Å². The minimum atomic E-state index is 0.00989. The second kappa shape index (κ2) is 9.27. The Labute approximate surface area is 156 Å². The number of fused-ring (bicyclic) bond motifs is 1. The van der Waals surface area contributed by atoms with Gasteiger partial charge in [0, 0.05) is 13.6 Å². The van der Waals surface area contributed by atoms with E-state index in [9.17, 15) is 4.79 Å². The van der Waals surface area contributed by atoms with E-state index in [0.717, 1.165) is 37.9 Å². The maximum absolute atomic E-state index is 12.5. The number of amides is 2. The predicted octanol–water partition coefficient (Wildman–Crippen LogP) is 4.56. The van der Waals surface area contributed by atoms with E-state index in [4.69, 9.17) is 4.74 Å². The Kier molecular flexibility index (Phi) is 6.53. The van der Waals surface area contributed by atoms with Crippen molar-refractivity contribution in [2.75, 3.05) is 20.2 Å². The van der Waals surface area contributed by atoms with Gasteiger partial charge in [0.1, 0.15) is 5.75 Å². The molecule has 0 radical (unpaired) electrons. The zero-order valence-electron chi connectivity index (χ0n) is 15.5. The Balaban J connectivity index is 1.38. The van der Waals surface area contributed by atoms with E-state index >= 15 is 0 Å². The highest BCUT2D eigenvalue weighted by atomic mass is 16.5. The summed E-state index contributed by atoms with van der Waals surface area (Å²) in [6.07, 6.45) is 5.12. The topological polar surface area (TPSA) is 41.6 Å². The predicted molar refractivity (Wildman–Crippen MR) is 104 cm³/mol. The molecule has 138 valence electrons. The summed E-state index contributed by atoms with van der Waals surface area (Å²) in [6, 6.07) is 18.5. The minimum absolute atomic E-state index is 0.00989. The Bertz CT molecular complexity index is 702. The molecule has 0 heterocycles. The van der Waals surface area contributed by atoms with E-state index in [0.29, 0.717) is 13.2 Å². The van der Waals surface area contributed by atoms with Gasteiger partial charge in [-0.3, -0.25) is 0 Å². The Hall–Kier alpha value is -2.49. The van der Waals surface area contributed by atoms with Crippen LogP contribution in [0.25, 0.3) is 0 Å². The van der Waals surface area contributed by atoms with Crippen LogP contribution in [0.2, 0.25) is 0 Å². The maximum atomic E-state index is 12.5. The molecule has 0 spiro atoms. The number of nitrogens with one attached hydrogen (secondary N) is 1. The van der Waals surface area contributed by atoms with Crippen LogP contribution in [0, 0.1) is 0 Å². The fourth-order valence-corrected chi connectivity index (χ4v) is 3.53. The van der Waals surface area contributed by atoms with E-state index in [1.807, 2.05) is 42.3 Å². The van der Waals surface area contributed by atoms with Crippen LogP contribution in [0.1, 0.15) is 42.9 Å². The molecule has 1 aliphatic carbocycles. The van der Waals surface area contributed by atoms with Crippen LogP contribution in [0.3, 0.4) is 0 Å². The van der Waals surface area contributed by atoms with Crippen molar-refractivity contribution in [2.24, 2.45) is 0 Å². The molecule has 0 unspecified atom stereocenters. The summed E-state index contributed by atoms with van der Waals surface area (Å²) in [7, 11) is 1.90. The smallest absolute Gasteiger partial charge is 0.317 e. The standard InChI is InChI=1S/C22H28N2O2/c1-24(21-15-9-11-18-10-5-6-14-20(18)21)22(25)23-16-7-8-17-26-19-12-3-2-4-13-19/h2-6,10,12-14,21H,7-9,11,15-17H2,1H3,(H,23,25)/t21-/m0/s1. The van der Waals surface area contributed by atoms with Gasteiger partial charge in [-0.15, -0.1) is 0 Å². The number of carbonyl (C=O) groups excluding carboxylic acids is 1. The van der Waals surface area contributed by atoms with Gasteiger partial charge in [0.15, 0.2) is 0 Å². The Morgan fingerprint density at radius 2 is 1.88 bits per heavy atom. The molecule has 26 heavy (non-hydrogen) atoms. The first-order valence-corrected chi connectivity index (χ1v) is 9.52. The summed E-state index contributed by atoms with van der Waals surface area (Å²) in [5, 5.41) is 3.04. The van der Waals surface area contributed by atoms with Crippen LogP contribution in [0.5, 0.6) is 5.75 Å². The third-order valence-electron chi connectivity index (χ3n) is 4.98. The summed E-state index contributed by atoms with van der Waals surface area (Å²) in [5.41, 5.74) is 2.68. The van der Waals surface area contributed by atoms with Gasteiger partial charge in [-0.05, 0) is 55.4 Å². The molecule has 1 N–H and O–H groups in total. The van der Waals surface area contributed by atoms with Crippen molar-refractivity contribution in [3.63, 3.8) is 0 Å². The molecule has 0 saturated heterocycles. The second-order valence-electron chi connectivity index (χ2n) is 6.82. The van der Waals surface area contributed by atoms with Gasteiger partial charge in [-0.25, -0.2) is 4.79 Å². The van der Waals surface area contributed by atoms with Crippen LogP contribution >= 0.6 is 0 Å². The van der Waals surface area contributed by atoms with E-state index < -0.39 is 0 Å². The lowest BCUT2D eigenvalue weighted by atomic mass is 9.87. The number of benzene rings is 2. The first-order valence-electron chi connectivity index (χ1n) is 9.52. The molecule has 0 fully saturated rings. The number of rotatable bonds is 7. The lowest BCUT2D eigenvalue weighted by molar-refractivity contribution is 0.183. The largest absolute Gasteiger partial charge is 0.494 e. The molecule has 2 amide bonds. The fraction of sp³-hybridized carbons (Fsp3) is 0.409. The Morgan fingerprint density at radius 3 is 2.73 bits per heavy atom. The lowest BCUT2D eigenvalue weighted by Crippen LogP contribution is -2.41. The summed E-state index contributed by atoms with van der Waals surface area (Å²) in [4.78, 5) is 14.3. The molecule has 2 aromatic carbocycles. The van der Waals surface area contributed by atoms with Crippen molar-refractivity contribution >= 4 is 6.03 Å². The van der Waals surface area contributed by atoms with Gasteiger partial charge in [0.2, 0.25) is 0 Å². The molecule has 0 saturated carbocycles. The van der Waals surface area contributed by atoms with E-state index in [1.54, 1.807) is 0 Å². The summed E-state index contributed by atoms with van der Waals surface area (Å²) in [6.45, 7) is 1.35. The van der Waals surface area contributed by atoms with Gasteiger partial charge in [0.25, 0.3) is 0 Å². The van der Waals surface area contributed by atoms with Gasteiger partial charge < -0.3 is 15.0 Å². The van der Waals surface area contributed by atoms with Crippen molar-refractivity contribution in [1.82, 2.24) is 10.2 Å². The zero-order chi connectivity index (χ0) is 18.2. The van der Waals surface area contributed by atoms with Crippen LogP contribution in [-0.4, -0.2) is 31.1 Å². The molecule has 0 bridgehead atoms. The zero-order valence-corrected chi connectivity index (χ0v) is 15.5. The monoisotopic (exact) mass is 352 g/mol. The lowest BCUT2D eigenvalue weighted by Gasteiger charge is -2.33. The molecule has 4 heteroatoms. The minimum Gasteiger partial charge on any atom is -0.494 e. The number of urea groups is 1. The molecule has 1 atom stereocenters. The van der Waals surface area contributed by atoms with Crippen molar-refractivity contribution in [3.8, 4) is 5.75 Å². The molecule has 0 aromatic heterocycles. The van der Waals surface area contributed by atoms with Gasteiger partial charge in [0.05, 0.1) is 12.6 Å². The molecular weight excluding hydrogens is 324 g/mol. The molecular formula is C22H28N2O2. The average molecular weight is 352 g/mol. The highest BCUT2D eigenvalue weighted by Gasteiger charge is 2.26. The third kappa shape index (κ3) is 4.78. The molecule has 1 aliphatic rings. The fourth-order valence-electron chi connectivity index (χ4n) is 3.53. The highest BCUT2D eigenvalue weighted by Crippen LogP contribution is 2.33.